The van der Waals surface area contributed by atoms with Crippen molar-refractivity contribution in [1.82, 2.24) is 9.97 Å². The number of aromatic nitrogens is 2. The Morgan fingerprint density at radius 2 is 1.27 bits per heavy atom. The minimum absolute atomic E-state index is 0.0122. The van der Waals surface area contributed by atoms with Crippen LogP contribution >= 0.6 is 0 Å². The number of nitroso groups, excluding NO2 is 1. The van der Waals surface area contributed by atoms with Gasteiger partial charge in [-0.25, -0.2) is 0 Å². The van der Waals surface area contributed by atoms with Gasteiger partial charge in [0.1, 0.15) is 22.9 Å². The van der Waals surface area contributed by atoms with Gasteiger partial charge in [0.05, 0.1) is 30.2 Å². The van der Waals surface area contributed by atoms with E-state index in [0.29, 0.717) is 18.8 Å². The molecule has 0 bridgehead atoms. The largest absolute Gasteiger partial charge is 0.505 e. The van der Waals surface area contributed by atoms with Crippen LogP contribution in [-0.4, -0.2) is 20.2 Å². The van der Waals surface area contributed by atoms with E-state index in [1.807, 2.05) is 54.6 Å². The molecule has 0 atom stereocenters. The average molecular weight is 440 g/mol. The van der Waals surface area contributed by atoms with E-state index in [1.165, 1.54) is 6.07 Å². The third-order valence-electron chi connectivity index (χ3n) is 4.82. The quantitative estimate of drug-likeness (QED) is 0.259. The van der Waals surface area contributed by atoms with Crippen molar-refractivity contribution >= 4 is 22.7 Å². The topological polar surface area (TPSA) is 124 Å². The molecule has 0 unspecified atom stereocenters. The van der Waals surface area contributed by atoms with Gasteiger partial charge >= 0.3 is 0 Å². The highest BCUT2D eigenvalue weighted by Crippen LogP contribution is 2.40. The number of aromatic hydroxyl groups is 2. The number of phenolic OH excluding ortho intramolecular Hbond substituents is 2. The molecule has 2 aromatic carbocycles. The Hall–Kier alpha value is -4.66. The highest BCUT2D eigenvalue weighted by molar-refractivity contribution is 5.68. The molecule has 2 heterocycles. The monoisotopic (exact) mass is 440 g/mol. The average Bonchev–Trinajstić information content (AvgIpc) is 2.85. The number of hydrogen-bond acceptors (Lipinski definition) is 9. The summed E-state index contributed by atoms with van der Waals surface area (Å²) in [4.78, 5) is 21.8. The third kappa shape index (κ3) is 5.34. The summed E-state index contributed by atoms with van der Waals surface area (Å²) in [7, 11) is 0. The van der Waals surface area contributed by atoms with Crippen molar-refractivity contribution in [2.75, 3.05) is 4.90 Å². The van der Waals surface area contributed by atoms with Gasteiger partial charge in [-0.1, -0.05) is 24.3 Å². The number of rotatable bonds is 8. The van der Waals surface area contributed by atoms with Gasteiger partial charge in [-0.05, 0) is 41.6 Å². The number of pyridine rings is 2. The first-order chi connectivity index (χ1) is 16.1. The maximum atomic E-state index is 10.9. The number of phenols is 2. The molecular weight excluding hydrogens is 420 g/mol. The zero-order valence-corrected chi connectivity index (χ0v) is 17.5. The van der Waals surface area contributed by atoms with Gasteiger partial charge in [0, 0.05) is 24.5 Å². The molecule has 2 N–H and O–H groups in total. The fraction of sp³-hybridized carbons (Fsp3) is 0.0833. The Kier molecular flexibility index (Phi) is 6.60. The van der Waals surface area contributed by atoms with Gasteiger partial charge < -0.3 is 15.1 Å². The van der Waals surface area contributed by atoms with Gasteiger partial charge in [0.25, 0.3) is 0 Å². The maximum absolute atomic E-state index is 10.9. The van der Waals surface area contributed by atoms with Crippen molar-refractivity contribution in [1.29, 1.82) is 0 Å². The van der Waals surface area contributed by atoms with E-state index in [9.17, 15) is 15.1 Å². The van der Waals surface area contributed by atoms with E-state index >= 15 is 0 Å². The Morgan fingerprint density at radius 1 is 0.697 bits per heavy atom. The number of nitrogens with zero attached hydrogens (tertiary/aromatic N) is 6. The van der Waals surface area contributed by atoms with Crippen LogP contribution in [0.25, 0.3) is 0 Å². The summed E-state index contributed by atoms with van der Waals surface area (Å²) >= 11 is 0. The molecule has 2 aromatic heterocycles. The molecule has 0 aliphatic rings. The predicted molar refractivity (Wildman–Crippen MR) is 124 cm³/mol. The molecule has 0 radical (unpaired) electrons. The molecule has 4 aromatic rings. The minimum atomic E-state index is -0.432. The summed E-state index contributed by atoms with van der Waals surface area (Å²) in [5, 5.41) is 30.9. The summed E-state index contributed by atoms with van der Waals surface area (Å²) in [5.74, 6) is -0.751. The molecule has 9 nitrogen and oxygen atoms in total. The van der Waals surface area contributed by atoms with Crippen molar-refractivity contribution in [2.45, 2.75) is 13.1 Å². The van der Waals surface area contributed by atoms with E-state index in [0.717, 1.165) is 23.1 Å². The fourth-order valence-corrected chi connectivity index (χ4v) is 3.23. The Balaban J connectivity index is 1.70. The first-order valence-corrected chi connectivity index (χ1v) is 10.1. The van der Waals surface area contributed by atoms with Crippen LogP contribution < -0.4 is 4.90 Å². The number of hydrogen-bond donors (Lipinski definition) is 2. The summed E-state index contributed by atoms with van der Waals surface area (Å²) in [6.07, 6.45) is 3.48. The maximum Gasteiger partial charge on any atom is 0.152 e. The van der Waals surface area contributed by atoms with Gasteiger partial charge in [-0.3, -0.25) is 9.97 Å². The Labute approximate surface area is 189 Å². The zero-order chi connectivity index (χ0) is 23.0. The van der Waals surface area contributed by atoms with E-state index in [4.69, 9.17) is 0 Å². The minimum Gasteiger partial charge on any atom is -0.505 e. The van der Waals surface area contributed by atoms with Crippen molar-refractivity contribution in [2.24, 2.45) is 15.4 Å². The molecule has 0 saturated carbocycles. The summed E-state index contributed by atoms with van der Waals surface area (Å²) in [5.41, 5.74) is 2.85. The molecule has 0 spiro atoms. The van der Waals surface area contributed by atoms with Crippen LogP contribution in [0.15, 0.2) is 101 Å². The highest BCUT2D eigenvalue weighted by Gasteiger charge is 2.15. The number of anilines is 1. The molecule has 33 heavy (non-hydrogen) atoms. The van der Waals surface area contributed by atoms with Crippen LogP contribution in [0, 0.1) is 4.91 Å². The first-order valence-electron chi connectivity index (χ1n) is 10.1. The lowest BCUT2D eigenvalue weighted by molar-refractivity contribution is 0.452. The van der Waals surface area contributed by atoms with Crippen LogP contribution in [0.2, 0.25) is 0 Å². The van der Waals surface area contributed by atoms with E-state index in [1.54, 1.807) is 18.5 Å². The zero-order valence-electron chi connectivity index (χ0n) is 17.5. The standard InChI is InChI=1S/C24H20N6O3/c31-23-14-24(32)21(29-33)13-20(23)28-27-19-9-1-2-10-22(19)30(15-17-7-3-5-11-25-17)16-18-8-4-6-12-26-18/h1-14,31-32H,15-16H2/b28-27+. The predicted octanol–water partition coefficient (Wildman–Crippen LogP) is 5.91. The normalized spacial score (nSPS) is 10.9. The Bertz CT molecular complexity index is 1220. The van der Waals surface area contributed by atoms with Crippen LogP contribution in [0.1, 0.15) is 11.4 Å². The summed E-state index contributed by atoms with van der Waals surface area (Å²) < 4.78 is 0. The number of azo groups is 1. The van der Waals surface area contributed by atoms with E-state index in [2.05, 4.69) is 30.3 Å². The van der Waals surface area contributed by atoms with Gasteiger partial charge in [-0.15, -0.1) is 15.1 Å². The second-order valence-electron chi connectivity index (χ2n) is 7.11. The Morgan fingerprint density at radius 3 is 1.88 bits per heavy atom. The molecule has 0 amide bonds. The smallest absolute Gasteiger partial charge is 0.152 e. The second kappa shape index (κ2) is 10.1. The molecule has 164 valence electrons. The van der Waals surface area contributed by atoms with E-state index in [-0.39, 0.29) is 17.1 Å². The lowest BCUT2D eigenvalue weighted by Gasteiger charge is -2.25. The number of benzene rings is 2. The lowest BCUT2D eigenvalue weighted by atomic mass is 10.2. The fourth-order valence-electron chi connectivity index (χ4n) is 3.23. The lowest BCUT2D eigenvalue weighted by Crippen LogP contribution is -2.23. The van der Waals surface area contributed by atoms with Crippen LogP contribution in [0.4, 0.5) is 22.7 Å². The third-order valence-corrected chi connectivity index (χ3v) is 4.82. The molecule has 0 aliphatic heterocycles. The molecule has 9 heteroatoms. The first kappa shape index (κ1) is 21.6. The van der Waals surface area contributed by atoms with Crippen LogP contribution in [0.3, 0.4) is 0 Å². The van der Waals surface area contributed by atoms with Crippen LogP contribution in [0.5, 0.6) is 11.5 Å². The van der Waals surface area contributed by atoms with E-state index < -0.39 is 5.75 Å². The van der Waals surface area contributed by atoms with Gasteiger partial charge in [0.2, 0.25) is 0 Å². The van der Waals surface area contributed by atoms with Gasteiger partial charge in [0.15, 0.2) is 5.69 Å². The molecular formula is C24H20N6O3. The van der Waals surface area contributed by atoms with Crippen molar-refractivity contribution in [3.63, 3.8) is 0 Å². The molecule has 0 saturated heterocycles. The van der Waals surface area contributed by atoms with Crippen molar-refractivity contribution in [3.8, 4) is 11.5 Å². The summed E-state index contributed by atoms with van der Waals surface area (Å²) in [6.45, 7) is 1.02. The van der Waals surface area contributed by atoms with Gasteiger partial charge in [-0.2, -0.15) is 0 Å². The summed E-state index contributed by atoms with van der Waals surface area (Å²) in [6, 6.07) is 21.1. The second-order valence-corrected chi connectivity index (χ2v) is 7.11. The molecule has 0 fully saturated rings. The SMILES string of the molecule is O=Nc1cc(/N=N/c2ccccc2N(Cc2ccccn2)Cc2ccccn2)c(O)cc1O. The molecule has 0 aliphatic carbocycles. The highest BCUT2D eigenvalue weighted by atomic mass is 16.3. The van der Waals surface area contributed by atoms with Crippen molar-refractivity contribution < 1.29 is 10.2 Å². The van der Waals surface area contributed by atoms with Crippen molar-refractivity contribution in [3.05, 3.63) is 101 Å². The number of para-hydroxylation sites is 1. The van der Waals surface area contributed by atoms with Crippen LogP contribution in [-0.2, 0) is 13.1 Å². The molecule has 4 rings (SSSR count).